The molecule has 1 fully saturated rings. The van der Waals surface area contributed by atoms with Crippen LogP contribution in [0.2, 0.25) is 0 Å². The Morgan fingerprint density at radius 2 is 0.814 bits per heavy atom. The highest BCUT2D eigenvalue weighted by atomic mass is 16.2. The van der Waals surface area contributed by atoms with Crippen molar-refractivity contribution in [2.45, 2.75) is 223 Å². The zero-order valence-electron chi connectivity index (χ0n) is 56.3. The van der Waals surface area contributed by atoms with Crippen LogP contribution in [0.25, 0.3) is 0 Å². The highest BCUT2D eigenvalue weighted by Crippen LogP contribution is 2.24. The lowest BCUT2D eigenvalue weighted by Gasteiger charge is -2.39. The molecule has 1 saturated heterocycles. The molecule has 6 N–H and O–H groups in total. The molecule has 492 valence electrons. The van der Waals surface area contributed by atoms with Crippen LogP contribution in [0.3, 0.4) is 0 Å². The van der Waals surface area contributed by atoms with Gasteiger partial charge in [0.05, 0.1) is 13.1 Å². The second kappa shape index (κ2) is 36.1. The summed E-state index contributed by atoms with van der Waals surface area (Å²) >= 11 is 0. The van der Waals surface area contributed by atoms with Crippen molar-refractivity contribution in [1.82, 2.24) is 55.6 Å². The van der Waals surface area contributed by atoms with E-state index in [4.69, 9.17) is 5.73 Å². The molecule has 1 heterocycles. The lowest BCUT2D eigenvalue weighted by Crippen LogP contribution is -2.61. The lowest BCUT2D eigenvalue weighted by atomic mass is 9.96. The molecule has 1 aliphatic heterocycles. The number of rotatable bonds is 18. The number of nitrogens with one attached hydrogen (secondary N) is 4. The van der Waals surface area contributed by atoms with Crippen LogP contribution in [0.5, 0.6) is 0 Å². The molecule has 0 spiro atoms. The molecular formula is C62H112N12O12. The Kier molecular flexibility index (Phi) is 32.6. The Labute approximate surface area is 514 Å². The van der Waals surface area contributed by atoms with Gasteiger partial charge in [0.25, 0.3) is 0 Å². The van der Waals surface area contributed by atoms with Crippen molar-refractivity contribution in [3.63, 3.8) is 0 Å². The number of primary amides is 1. The molecule has 1 aliphatic rings. The Balaban J connectivity index is 4.33. The van der Waals surface area contributed by atoms with Crippen molar-refractivity contribution in [3.05, 3.63) is 0 Å². The molecule has 0 radical (unpaired) electrons. The van der Waals surface area contributed by atoms with E-state index in [-0.39, 0.29) is 93.4 Å². The van der Waals surface area contributed by atoms with Gasteiger partial charge in [0.1, 0.15) is 54.4 Å². The van der Waals surface area contributed by atoms with Gasteiger partial charge < -0.3 is 61.3 Å². The van der Waals surface area contributed by atoms with Gasteiger partial charge in [-0.05, 0) is 93.3 Å². The zero-order valence-corrected chi connectivity index (χ0v) is 56.3. The van der Waals surface area contributed by atoms with E-state index in [1.54, 1.807) is 13.8 Å². The van der Waals surface area contributed by atoms with E-state index < -0.39 is 144 Å². The average Bonchev–Trinajstić information content (AvgIpc) is 1.71. The Morgan fingerprint density at radius 1 is 0.442 bits per heavy atom. The summed E-state index contributed by atoms with van der Waals surface area (Å²) in [6.07, 6.45) is 0.749. The SMILES string of the molecule is CCC[C@@H]1NC(=O)[C@H](CC(C)C)N(C)C(=O)[C@H](CC(C)C)N(C)C(=O)[C@H](CC(C)C)N(C)C(=O)CN(CC(C)C)C(=O)[C@@H](C)NC(=O)[C@@H](CCC(N)=O)NC(=O)[C@H](CC(C)C)N(C)C(=O)[C@H](C(C)C)NC(=O)[C@H](CC(C)C)N(C)C(=O)CN(C)C1=O. The monoisotopic (exact) mass is 1220 g/mol. The number of carbonyl (C=O) groups excluding carboxylic acids is 12. The van der Waals surface area contributed by atoms with Crippen LogP contribution in [0, 0.1) is 41.4 Å². The van der Waals surface area contributed by atoms with Gasteiger partial charge in [-0.1, -0.05) is 110 Å². The molecule has 24 nitrogen and oxygen atoms in total. The van der Waals surface area contributed by atoms with Crippen molar-refractivity contribution in [2.24, 2.45) is 47.2 Å². The third-order valence-corrected chi connectivity index (χ3v) is 15.6. The van der Waals surface area contributed by atoms with Crippen LogP contribution in [0.4, 0.5) is 0 Å². The van der Waals surface area contributed by atoms with Gasteiger partial charge in [0.15, 0.2) is 0 Å². The third-order valence-electron chi connectivity index (χ3n) is 15.6. The van der Waals surface area contributed by atoms with Crippen molar-refractivity contribution in [3.8, 4) is 0 Å². The quantitative estimate of drug-likeness (QED) is 0.132. The standard InChI is InChI=1S/C62H112N12O12/c1-23-24-44-59(83)68(17)33-51(76)69(18)45(27-35(2)3)57(81)67-53(41(14)15)62(86)72(21)47(29-37(6)7)55(79)65-43(25-26-50(63)75)54(78)64-42(16)58(82)74(32-40(12)13)34-52(77)70(19)48(30-38(8)9)60(84)73(22)49(31-39(10)11)61(85)71(20)46(28-36(4)5)56(80)66-44/h35-49,53H,23-34H2,1-22H3,(H2,63,75)(H,64,78)(H,65,79)(H,66,80)(H,67,81)/t42-,43-,44+,45+,46+,47+,48+,49+,53+/m1/s1. The summed E-state index contributed by atoms with van der Waals surface area (Å²) in [5.41, 5.74) is 5.54. The van der Waals surface area contributed by atoms with Gasteiger partial charge in [-0.2, -0.15) is 0 Å². The third kappa shape index (κ3) is 24.1. The van der Waals surface area contributed by atoms with Gasteiger partial charge >= 0.3 is 0 Å². The first kappa shape index (κ1) is 77.7. The van der Waals surface area contributed by atoms with Gasteiger partial charge in [-0.25, -0.2) is 0 Å². The first-order valence-electron chi connectivity index (χ1n) is 31.0. The highest BCUT2D eigenvalue weighted by Gasteiger charge is 2.42. The first-order valence-corrected chi connectivity index (χ1v) is 31.0. The van der Waals surface area contributed by atoms with Crippen molar-refractivity contribution >= 4 is 70.9 Å². The molecule has 24 heteroatoms. The summed E-state index contributed by atoms with van der Waals surface area (Å²) in [5, 5.41) is 11.1. The van der Waals surface area contributed by atoms with E-state index in [9.17, 15) is 47.9 Å². The van der Waals surface area contributed by atoms with Crippen molar-refractivity contribution < 1.29 is 57.5 Å². The minimum absolute atomic E-state index is 0.0535. The molecule has 0 aromatic carbocycles. The predicted molar refractivity (Wildman–Crippen MR) is 331 cm³/mol. The normalized spacial score (nSPS) is 25.0. The molecule has 0 aliphatic carbocycles. The summed E-state index contributed by atoms with van der Waals surface area (Å²) in [6.45, 7) is 28.1. The van der Waals surface area contributed by atoms with Gasteiger partial charge in [-0.3, -0.25) is 57.5 Å². The minimum Gasteiger partial charge on any atom is -0.370 e. The van der Waals surface area contributed by atoms with E-state index in [0.29, 0.717) is 6.42 Å². The largest absolute Gasteiger partial charge is 0.370 e. The first-order chi connectivity index (χ1) is 39.7. The summed E-state index contributed by atoms with van der Waals surface area (Å²) in [7, 11) is 8.68. The number of nitrogens with two attached hydrogens (primary N) is 1. The predicted octanol–water partition coefficient (Wildman–Crippen LogP) is 2.99. The van der Waals surface area contributed by atoms with E-state index in [1.165, 1.54) is 83.5 Å². The molecule has 86 heavy (non-hydrogen) atoms. The smallest absolute Gasteiger partial charge is 0.245 e. The fourth-order valence-corrected chi connectivity index (χ4v) is 10.6. The van der Waals surface area contributed by atoms with Gasteiger partial charge in [0, 0.05) is 55.3 Å². The number of hydrogen-bond donors (Lipinski definition) is 5. The molecule has 0 aromatic heterocycles. The van der Waals surface area contributed by atoms with E-state index in [2.05, 4.69) is 21.3 Å². The Hall–Kier alpha value is -6.36. The number of likely N-dealkylation sites (N-methyl/N-ethyl adjacent to an activating group) is 6. The highest BCUT2D eigenvalue weighted by molar-refractivity contribution is 5.99. The van der Waals surface area contributed by atoms with E-state index in [1.807, 2.05) is 90.0 Å². The number of amides is 12. The van der Waals surface area contributed by atoms with E-state index in [0.717, 1.165) is 0 Å². The van der Waals surface area contributed by atoms with Gasteiger partial charge in [0.2, 0.25) is 70.9 Å². The van der Waals surface area contributed by atoms with Crippen molar-refractivity contribution in [1.29, 1.82) is 0 Å². The maximum Gasteiger partial charge on any atom is 0.245 e. The van der Waals surface area contributed by atoms with Crippen molar-refractivity contribution in [2.75, 3.05) is 61.9 Å². The number of nitrogens with zero attached hydrogens (tertiary/aromatic N) is 7. The van der Waals surface area contributed by atoms with Gasteiger partial charge in [-0.15, -0.1) is 0 Å². The van der Waals surface area contributed by atoms with Crippen LogP contribution in [-0.4, -0.2) is 221 Å². The second-order valence-corrected chi connectivity index (χ2v) is 26.8. The molecule has 12 amide bonds. The lowest BCUT2D eigenvalue weighted by molar-refractivity contribution is -0.153. The molecule has 0 saturated carbocycles. The van der Waals surface area contributed by atoms with Crippen LogP contribution >= 0.6 is 0 Å². The fourth-order valence-electron chi connectivity index (χ4n) is 10.6. The molecule has 0 aromatic rings. The summed E-state index contributed by atoms with van der Waals surface area (Å²) in [5.74, 6) is -9.42. The summed E-state index contributed by atoms with van der Waals surface area (Å²) in [6, 6.07) is -10.8. The van der Waals surface area contributed by atoms with Crippen LogP contribution in [0.15, 0.2) is 0 Å². The summed E-state index contributed by atoms with van der Waals surface area (Å²) < 4.78 is 0. The Bertz CT molecular complexity index is 2330. The zero-order chi connectivity index (χ0) is 66.5. The Morgan fingerprint density at radius 3 is 1.23 bits per heavy atom. The topological polar surface area (TPSA) is 302 Å². The van der Waals surface area contributed by atoms with Crippen LogP contribution < -0.4 is 27.0 Å². The van der Waals surface area contributed by atoms with E-state index >= 15 is 9.59 Å². The average molecular weight is 1220 g/mol. The molecule has 1 rings (SSSR count). The second-order valence-electron chi connectivity index (χ2n) is 26.8. The fraction of sp³-hybridized carbons (Fsp3) is 0.806. The molecule has 9 atom stereocenters. The number of carbonyl (C=O) groups is 12. The number of hydrogen-bond acceptors (Lipinski definition) is 12. The summed E-state index contributed by atoms with van der Waals surface area (Å²) in [4.78, 5) is 181. The maximum atomic E-state index is 15.0. The molecule has 0 unspecified atom stereocenters. The maximum absolute atomic E-state index is 15.0. The van der Waals surface area contributed by atoms with Crippen LogP contribution in [0.1, 0.15) is 169 Å². The molecule has 0 bridgehead atoms. The molecular weight excluding hydrogens is 1100 g/mol. The minimum atomic E-state index is -1.45. The van der Waals surface area contributed by atoms with Crippen LogP contribution in [-0.2, 0) is 57.5 Å².